The minimum atomic E-state index is -3.75. The number of hydrogen-bond acceptors (Lipinski definition) is 6. The quantitative estimate of drug-likeness (QED) is 0.251. The van der Waals surface area contributed by atoms with E-state index in [0.717, 1.165) is 51.7 Å². The number of benzene rings is 3. The minimum Gasteiger partial charge on any atom is -0.309 e. The van der Waals surface area contributed by atoms with Crippen LogP contribution in [0.2, 0.25) is 0 Å². The number of fused-ring (bicyclic) bond motifs is 2. The molecule has 1 aromatic heterocycles. The van der Waals surface area contributed by atoms with Gasteiger partial charge in [-0.2, -0.15) is 0 Å². The second-order valence-electron chi connectivity index (χ2n) is 9.56. The van der Waals surface area contributed by atoms with Gasteiger partial charge in [-0.05, 0) is 94.0 Å². The van der Waals surface area contributed by atoms with Crippen LogP contribution in [0.3, 0.4) is 0 Å². The predicted molar refractivity (Wildman–Crippen MR) is 158 cm³/mol. The lowest BCUT2D eigenvalue weighted by Crippen LogP contribution is -2.35. The molecule has 1 aliphatic heterocycles. The van der Waals surface area contributed by atoms with Crippen LogP contribution in [0.25, 0.3) is 10.2 Å². The summed E-state index contributed by atoms with van der Waals surface area (Å²) in [6.45, 7) is 1.77. The molecule has 0 saturated carbocycles. The average Bonchev–Trinajstić information content (AvgIpc) is 3.33. The highest BCUT2D eigenvalue weighted by atomic mass is 79.9. The van der Waals surface area contributed by atoms with Gasteiger partial charge in [-0.3, -0.25) is 14.0 Å². The molecule has 0 spiro atoms. The molecule has 0 fully saturated rings. The Labute approximate surface area is 235 Å². The summed E-state index contributed by atoms with van der Waals surface area (Å²) in [5.41, 5.74) is 3.02. The summed E-state index contributed by atoms with van der Waals surface area (Å²) in [5.74, 6) is -0.200. The van der Waals surface area contributed by atoms with Crippen molar-refractivity contribution in [3.63, 3.8) is 0 Å². The number of rotatable bonds is 8. The second-order valence-corrected chi connectivity index (χ2v) is 13.3. The molecular weight excluding hydrogens is 584 g/mol. The summed E-state index contributed by atoms with van der Waals surface area (Å²) >= 11 is 4.97. The van der Waals surface area contributed by atoms with Crippen molar-refractivity contribution in [2.75, 3.05) is 42.9 Å². The third-order valence-corrected chi connectivity index (χ3v) is 9.92. The van der Waals surface area contributed by atoms with E-state index in [4.69, 9.17) is 4.98 Å². The molecule has 0 unspecified atom stereocenters. The Bertz CT molecular complexity index is 1570. The van der Waals surface area contributed by atoms with E-state index in [0.29, 0.717) is 23.8 Å². The normalized spacial score (nSPS) is 13.6. The Morgan fingerprint density at radius 1 is 1.05 bits per heavy atom. The van der Waals surface area contributed by atoms with Crippen molar-refractivity contribution >= 4 is 64.2 Å². The van der Waals surface area contributed by atoms with Gasteiger partial charge in [0.1, 0.15) is 0 Å². The summed E-state index contributed by atoms with van der Waals surface area (Å²) in [6, 6.07) is 19.8. The third kappa shape index (κ3) is 5.49. The molecule has 4 aromatic rings. The van der Waals surface area contributed by atoms with Gasteiger partial charge in [-0.1, -0.05) is 45.5 Å². The van der Waals surface area contributed by atoms with Gasteiger partial charge in [-0.25, -0.2) is 13.4 Å². The largest absolute Gasteiger partial charge is 0.309 e. The number of hydrogen-bond donors (Lipinski definition) is 0. The van der Waals surface area contributed by atoms with Crippen LogP contribution in [0, 0.1) is 0 Å². The van der Waals surface area contributed by atoms with E-state index in [9.17, 15) is 13.2 Å². The van der Waals surface area contributed by atoms with Crippen LogP contribution >= 0.6 is 27.3 Å². The van der Waals surface area contributed by atoms with Crippen molar-refractivity contribution in [2.45, 2.75) is 24.2 Å². The molecule has 1 aliphatic rings. The minimum absolute atomic E-state index is 0.176. The number of halogens is 1. The van der Waals surface area contributed by atoms with Crippen LogP contribution < -0.4 is 9.21 Å². The Morgan fingerprint density at radius 2 is 1.82 bits per heavy atom. The number of amides is 1. The summed E-state index contributed by atoms with van der Waals surface area (Å²) in [5, 5.41) is 0.628. The SMILES string of the molecule is CN(C)CCCN(C(=O)c1ccc(S(=O)(=O)N2CCCc3ccccc32)cc1)c1nc2ccc(Br)cc2s1. The first-order valence-corrected chi connectivity index (χ1v) is 15.5. The zero-order valence-corrected chi connectivity index (χ0v) is 24.5. The van der Waals surface area contributed by atoms with Gasteiger partial charge in [0.2, 0.25) is 0 Å². The predicted octanol–water partition coefficient (Wildman–Crippen LogP) is 5.80. The van der Waals surface area contributed by atoms with E-state index in [-0.39, 0.29) is 10.8 Å². The zero-order valence-electron chi connectivity index (χ0n) is 21.3. The average molecular weight is 614 g/mol. The van der Waals surface area contributed by atoms with Crippen molar-refractivity contribution in [3.05, 3.63) is 82.3 Å². The Morgan fingerprint density at radius 3 is 2.58 bits per heavy atom. The third-order valence-electron chi connectivity index (χ3n) is 6.56. The Hall–Kier alpha value is -2.79. The van der Waals surface area contributed by atoms with Gasteiger partial charge in [0.05, 0.1) is 20.8 Å². The maximum Gasteiger partial charge on any atom is 0.264 e. The van der Waals surface area contributed by atoms with Crippen LogP contribution in [0.4, 0.5) is 10.8 Å². The van der Waals surface area contributed by atoms with E-state index in [1.807, 2.05) is 56.6 Å². The highest BCUT2D eigenvalue weighted by Crippen LogP contribution is 2.33. The molecule has 0 radical (unpaired) electrons. The van der Waals surface area contributed by atoms with Gasteiger partial charge in [-0.15, -0.1) is 0 Å². The zero-order chi connectivity index (χ0) is 26.9. The van der Waals surface area contributed by atoms with Crippen molar-refractivity contribution < 1.29 is 13.2 Å². The summed E-state index contributed by atoms with van der Waals surface area (Å²) in [6.07, 6.45) is 2.41. The first-order valence-electron chi connectivity index (χ1n) is 12.5. The van der Waals surface area contributed by atoms with Crippen LogP contribution in [0.5, 0.6) is 0 Å². The van der Waals surface area contributed by atoms with Crippen LogP contribution in [-0.2, 0) is 16.4 Å². The maximum absolute atomic E-state index is 13.7. The van der Waals surface area contributed by atoms with E-state index >= 15 is 0 Å². The van der Waals surface area contributed by atoms with Gasteiger partial charge in [0.15, 0.2) is 5.13 Å². The number of nitrogens with zero attached hydrogens (tertiary/aromatic N) is 4. The van der Waals surface area contributed by atoms with Crippen LogP contribution in [0.15, 0.2) is 76.1 Å². The molecule has 38 heavy (non-hydrogen) atoms. The fourth-order valence-corrected chi connectivity index (χ4v) is 7.72. The fourth-order valence-electron chi connectivity index (χ4n) is 4.63. The first-order chi connectivity index (χ1) is 18.2. The van der Waals surface area contributed by atoms with E-state index in [1.54, 1.807) is 17.0 Å². The summed E-state index contributed by atoms with van der Waals surface area (Å²) in [4.78, 5) is 22.4. The van der Waals surface area contributed by atoms with Gasteiger partial charge in [0, 0.05) is 23.1 Å². The number of anilines is 2. The number of sulfonamides is 1. The number of carbonyl (C=O) groups is 1. The number of carbonyl (C=O) groups excluding carboxylic acids is 1. The van der Waals surface area contributed by atoms with Gasteiger partial charge < -0.3 is 4.90 Å². The fraction of sp³-hybridized carbons (Fsp3) is 0.286. The van der Waals surface area contributed by atoms with Crippen LogP contribution in [0.1, 0.15) is 28.8 Å². The smallest absolute Gasteiger partial charge is 0.264 e. The molecule has 0 atom stereocenters. The van der Waals surface area contributed by atoms with Crippen LogP contribution in [-0.4, -0.2) is 57.9 Å². The summed E-state index contributed by atoms with van der Waals surface area (Å²) < 4.78 is 30.5. The molecular formula is C28H29BrN4O3S2. The number of para-hydroxylation sites is 1. The molecule has 1 amide bonds. The summed E-state index contributed by atoms with van der Waals surface area (Å²) in [7, 11) is 0.255. The van der Waals surface area contributed by atoms with Gasteiger partial charge >= 0.3 is 0 Å². The van der Waals surface area contributed by atoms with Crippen molar-refractivity contribution in [1.82, 2.24) is 9.88 Å². The molecule has 7 nitrogen and oxygen atoms in total. The molecule has 0 aliphatic carbocycles. The molecule has 0 saturated heterocycles. The second kappa shape index (κ2) is 11.1. The first kappa shape index (κ1) is 26.8. The molecule has 5 rings (SSSR count). The van der Waals surface area contributed by atoms with Gasteiger partial charge in [0.25, 0.3) is 15.9 Å². The highest BCUT2D eigenvalue weighted by Gasteiger charge is 2.29. The van der Waals surface area contributed by atoms with Crippen molar-refractivity contribution in [1.29, 1.82) is 0 Å². The van der Waals surface area contributed by atoms with E-state index in [2.05, 4.69) is 20.8 Å². The molecule has 198 valence electrons. The lowest BCUT2D eigenvalue weighted by molar-refractivity contribution is 0.0986. The Kier molecular flexibility index (Phi) is 7.85. The molecule has 2 heterocycles. The highest BCUT2D eigenvalue weighted by molar-refractivity contribution is 9.10. The molecule has 0 N–H and O–H groups in total. The lowest BCUT2D eigenvalue weighted by Gasteiger charge is -2.30. The number of aryl methyl sites for hydroxylation is 1. The molecule has 10 heteroatoms. The molecule has 0 bridgehead atoms. The van der Waals surface area contributed by atoms with E-state index in [1.165, 1.54) is 27.8 Å². The monoisotopic (exact) mass is 612 g/mol. The standard InChI is InChI=1S/C28H29BrN4O3S2/c1-31(2)16-6-17-32(28-30-24-15-12-22(29)19-26(24)37-28)27(34)21-10-13-23(14-11-21)38(35,36)33-18-5-8-20-7-3-4-9-25(20)33/h3-4,7,9-15,19H,5-6,8,16-18H2,1-2H3. The molecule has 3 aromatic carbocycles. The number of thiazole rings is 1. The van der Waals surface area contributed by atoms with Crippen molar-refractivity contribution in [3.8, 4) is 0 Å². The van der Waals surface area contributed by atoms with E-state index < -0.39 is 10.0 Å². The maximum atomic E-state index is 13.7. The Balaban J connectivity index is 1.43. The van der Waals surface area contributed by atoms with Crippen molar-refractivity contribution in [2.24, 2.45) is 0 Å². The topological polar surface area (TPSA) is 73.8 Å². The number of aromatic nitrogens is 1. The lowest BCUT2D eigenvalue weighted by atomic mass is 10.0.